The maximum atomic E-state index is 13.7. The van der Waals surface area contributed by atoms with E-state index in [9.17, 15) is 14.9 Å². The van der Waals surface area contributed by atoms with Crippen molar-refractivity contribution < 1.29 is 19.2 Å². The fourth-order valence-electron chi connectivity index (χ4n) is 4.52. The van der Waals surface area contributed by atoms with Crippen molar-refractivity contribution in [3.63, 3.8) is 0 Å². The average molecular weight is 534 g/mol. The highest BCUT2D eigenvalue weighted by Gasteiger charge is 2.24. The first kappa shape index (κ1) is 29.6. The van der Waals surface area contributed by atoms with Gasteiger partial charge < -0.3 is 19.3 Å². The molecule has 0 aliphatic rings. The lowest BCUT2D eigenvalue weighted by molar-refractivity contribution is -0.384. The molecule has 0 heterocycles. The van der Waals surface area contributed by atoms with E-state index in [4.69, 9.17) is 9.47 Å². The Morgan fingerprint density at radius 1 is 0.949 bits per heavy atom. The Kier molecular flexibility index (Phi) is 11.3. The number of hydrogen-bond acceptors (Lipinski definition) is 6. The molecular formula is C31H39N3O5. The van der Waals surface area contributed by atoms with Crippen LogP contribution in [0, 0.1) is 10.1 Å². The highest BCUT2D eigenvalue weighted by Crippen LogP contribution is 2.30. The molecule has 3 aromatic carbocycles. The first-order valence-corrected chi connectivity index (χ1v) is 13.5. The van der Waals surface area contributed by atoms with Crippen molar-refractivity contribution in [1.29, 1.82) is 0 Å². The third-order valence-electron chi connectivity index (χ3n) is 6.91. The smallest absolute Gasteiger partial charge is 0.270 e. The molecule has 0 saturated carbocycles. The molecule has 1 unspecified atom stereocenters. The number of amides is 1. The first-order valence-electron chi connectivity index (χ1n) is 13.5. The minimum atomic E-state index is -0.478. The fraction of sp³-hybridized carbons (Fsp3) is 0.387. The van der Waals surface area contributed by atoms with Crippen LogP contribution in [-0.4, -0.2) is 53.4 Å². The molecule has 1 atom stereocenters. The van der Waals surface area contributed by atoms with E-state index in [1.54, 1.807) is 24.1 Å². The molecule has 0 aliphatic carbocycles. The van der Waals surface area contributed by atoms with E-state index >= 15 is 0 Å². The summed E-state index contributed by atoms with van der Waals surface area (Å²) in [5.74, 6) is 0.964. The summed E-state index contributed by atoms with van der Waals surface area (Å²) in [7, 11) is 1.60. The minimum absolute atomic E-state index is 0.0805. The monoisotopic (exact) mass is 533 g/mol. The molecule has 0 N–H and O–H groups in total. The van der Waals surface area contributed by atoms with Gasteiger partial charge in [-0.1, -0.05) is 56.3 Å². The van der Waals surface area contributed by atoms with Gasteiger partial charge in [-0.2, -0.15) is 0 Å². The zero-order valence-electron chi connectivity index (χ0n) is 23.3. The second-order valence-electron chi connectivity index (χ2n) is 9.52. The largest absolute Gasteiger partial charge is 0.493 e. The van der Waals surface area contributed by atoms with E-state index in [-0.39, 0.29) is 17.6 Å². The lowest BCUT2D eigenvalue weighted by atomic mass is 10.1. The van der Waals surface area contributed by atoms with Gasteiger partial charge in [-0.15, -0.1) is 0 Å². The van der Waals surface area contributed by atoms with Gasteiger partial charge in [0, 0.05) is 30.3 Å². The SMILES string of the molecule is CCN(CC)CCCC(C)N(Cc1ccc(OC)c(OCc2ccccc2)c1)C(=O)c1cccc([N+](=O)[O-])c1. The molecular weight excluding hydrogens is 494 g/mol. The lowest BCUT2D eigenvalue weighted by Gasteiger charge is -2.30. The molecule has 0 bridgehead atoms. The third-order valence-corrected chi connectivity index (χ3v) is 6.91. The van der Waals surface area contributed by atoms with Crippen LogP contribution in [0.25, 0.3) is 0 Å². The molecule has 0 saturated heterocycles. The van der Waals surface area contributed by atoms with Gasteiger partial charge in [-0.25, -0.2) is 0 Å². The normalized spacial score (nSPS) is 11.7. The van der Waals surface area contributed by atoms with Crippen molar-refractivity contribution in [3.8, 4) is 11.5 Å². The summed E-state index contributed by atoms with van der Waals surface area (Å²) in [5, 5.41) is 11.3. The highest BCUT2D eigenvalue weighted by molar-refractivity contribution is 5.95. The van der Waals surface area contributed by atoms with Gasteiger partial charge in [0.15, 0.2) is 11.5 Å². The molecule has 3 aromatic rings. The summed E-state index contributed by atoms with van der Waals surface area (Å²) < 4.78 is 11.6. The van der Waals surface area contributed by atoms with Crippen molar-refractivity contribution in [3.05, 3.63) is 99.6 Å². The summed E-state index contributed by atoms with van der Waals surface area (Å²) in [4.78, 5) is 28.8. The number of hydrogen-bond donors (Lipinski definition) is 0. The van der Waals surface area contributed by atoms with Gasteiger partial charge in [0.2, 0.25) is 0 Å². The number of ether oxygens (including phenoxy) is 2. The van der Waals surface area contributed by atoms with Crippen LogP contribution in [-0.2, 0) is 13.2 Å². The molecule has 208 valence electrons. The number of nitro groups is 1. The summed E-state index contributed by atoms with van der Waals surface area (Å²) in [6.07, 6.45) is 1.75. The van der Waals surface area contributed by atoms with Crippen LogP contribution >= 0.6 is 0 Å². The van der Waals surface area contributed by atoms with Gasteiger partial charge in [-0.3, -0.25) is 14.9 Å². The molecule has 39 heavy (non-hydrogen) atoms. The van der Waals surface area contributed by atoms with E-state index in [2.05, 4.69) is 18.7 Å². The molecule has 0 radical (unpaired) electrons. The van der Waals surface area contributed by atoms with E-state index < -0.39 is 4.92 Å². The second-order valence-corrected chi connectivity index (χ2v) is 9.52. The maximum absolute atomic E-state index is 13.7. The molecule has 0 aromatic heterocycles. The molecule has 0 spiro atoms. The van der Waals surface area contributed by atoms with Crippen molar-refractivity contribution in [2.45, 2.75) is 52.8 Å². The van der Waals surface area contributed by atoms with Crippen LogP contribution in [0.2, 0.25) is 0 Å². The Morgan fingerprint density at radius 3 is 2.36 bits per heavy atom. The minimum Gasteiger partial charge on any atom is -0.493 e. The highest BCUT2D eigenvalue weighted by atomic mass is 16.6. The van der Waals surface area contributed by atoms with Gasteiger partial charge >= 0.3 is 0 Å². The topological polar surface area (TPSA) is 85.2 Å². The number of benzene rings is 3. The zero-order chi connectivity index (χ0) is 28.2. The molecule has 1 amide bonds. The quantitative estimate of drug-likeness (QED) is 0.168. The zero-order valence-corrected chi connectivity index (χ0v) is 23.3. The lowest BCUT2D eigenvalue weighted by Crippen LogP contribution is -2.38. The fourth-order valence-corrected chi connectivity index (χ4v) is 4.52. The first-order chi connectivity index (χ1) is 18.9. The van der Waals surface area contributed by atoms with Crippen LogP contribution in [0.5, 0.6) is 11.5 Å². The molecule has 0 fully saturated rings. The number of non-ortho nitro benzene ring substituents is 1. The predicted molar refractivity (Wildman–Crippen MR) is 153 cm³/mol. The van der Waals surface area contributed by atoms with Crippen LogP contribution in [0.15, 0.2) is 72.8 Å². The summed E-state index contributed by atoms with van der Waals surface area (Å²) in [6.45, 7) is 9.97. The average Bonchev–Trinajstić information content (AvgIpc) is 2.97. The summed E-state index contributed by atoms with van der Waals surface area (Å²) in [6, 6.07) is 21.4. The number of carbonyl (C=O) groups excluding carboxylic acids is 1. The van der Waals surface area contributed by atoms with Crippen molar-refractivity contribution in [2.75, 3.05) is 26.7 Å². The van der Waals surface area contributed by atoms with E-state index in [0.29, 0.717) is 30.2 Å². The maximum Gasteiger partial charge on any atom is 0.270 e. The number of carbonyl (C=O) groups is 1. The Morgan fingerprint density at radius 2 is 1.69 bits per heavy atom. The molecule has 0 aliphatic heterocycles. The number of rotatable bonds is 15. The molecule has 8 nitrogen and oxygen atoms in total. The Bertz CT molecular complexity index is 1210. The molecule has 3 rings (SSSR count). The number of nitrogens with zero attached hydrogens (tertiary/aromatic N) is 3. The van der Waals surface area contributed by atoms with Crippen LogP contribution in [0.4, 0.5) is 5.69 Å². The van der Waals surface area contributed by atoms with E-state index in [1.165, 1.54) is 12.1 Å². The predicted octanol–water partition coefficient (Wildman–Crippen LogP) is 6.34. The van der Waals surface area contributed by atoms with Crippen molar-refractivity contribution in [1.82, 2.24) is 9.80 Å². The van der Waals surface area contributed by atoms with Crippen molar-refractivity contribution in [2.24, 2.45) is 0 Å². The summed E-state index contributed by atoms with van der Waals surface area (Å²) in [5.41, 5.74) is 2.12. The van der Waals surface area contributed by atoms with Gasteiger partial charge in [0.25, 0.3) is 11.6 Å². The van der Waals surface area contributed by atoms with Crippen LogP contribution in [0.1, 0.15) is 55.1 Å². The Labute approximate surface area is 231 Å². The van der Waals surface area contributed by atoms with Gasteiger partial charge in [0.1, 0.15) is 6.61 Å². The third kappa shape index (κ3) is 8.55. The van der Waals surface area contributed by atoms with E-state index in [1.807, 2.05) is 55.5 Å². The van der Waals surface area contributed by atoms with E-state index in [0.717, 1.165) is 43.6 Å². The standard InChI is InChI=1S/C31H39N3O5/c1-5-32(6-2)19-11-12-24(3)33(31(35)27-15-10-16-28(21-27)34(36)37)22-26-17-18-29(38-4)30(20-26)39-23-25-13-8-7-9-14-25/h7-10,13-18,20-21,24H,5-6,11-12,19,22-23H2,1-4H3. The number of methoxy groups -OCH3 is 1. The summed E-state index contributed by atoms with van der Waals surface area (Å²) >= 11 is 0. The number of nitro benzene ring substituents is 1. The van der Waals surface area contributed by atoms with Crippen LogP contribution < -0.4 is 9.47 Å². The molecule has 8 heteroatoms. The second kappa shape index (κ2) is 14.9. The Hall–Kier alpha value is -3.91. The van der Waals surface area contributed by atoms with Gasteiger partial charge in [0.05, 0.1) is 12.0 Å². The Balaban J connectivity index is 1.85. The van der Waals surface area contributed by atoms with Crippen LogP contribution in [0.3, 0.4) is 0 Å². The van der Waals surface area contributed by atoms with Gasteiger partial charge in [-0.05, 0) is 68.7 Å². The van der Waals surface area contributed by atoms with Crippen molar-refractivity contribution >= 4 is 11.6 Å².